The molecule has 6 unspecified atom stereocenters. The number of esters is 1. The van der Waals surface area contributed by atoms with Crippen LogP contribution in [0.5, 0.6) is 11.5 Å². The summed E-state index contributed by atoms with van der Waals surface area (Å²) in [6, 6.07) is 16.3. The summed E-state index contributed by atoms with van der Waals surface area (Å²) in [5, 5.41) is 58.0. The lowest BCUT2D eigenvalue weighted by atomic mass is 9.84. The molecule has 0 aliphatic carbocycles. The molecule has 3 aliphatic rings. The van der Waals surface area contributed by atoms with Gasteiger partial charge in [0.15, 0.2) is 23.1 Å². The summed E-state index contributed by atoms with van der Waals surface area (Å²) in [5.41, 5.74) is 2.68. The van der Waals surface area contributed by atoms with Crippen molar-refractivity contribution < 1.29 is 58.6 Å². The fraction of sp³-hybridized carbons (Fsp3) is 0.317. The second-order valence-corrected chi connectivity index (χ2v) is 14.1. The van der Waals surface area contributed by atoms with E-state index in [1.54, 1.807) is 18.3 Å². The number of aliphatic imine (C=N–C) groups is 1. The smallest absolute Gasteiger partial charge is 0.321 e. The Balaban J connectivity index is 1.24. The highest BCUT2D eigenvalue weighted by atomic mass is 16.8. The van der Waals surface area contributed by atoms with Crippen molar-refractivity contribution >= 4 is 34.8 Å². The number of aryl methyl sites for hydroxylation is 2. The molecule has 0 radical (unpaired) electrons. The topological polar surface area (TPSA) is 230 Å². The van der Waals surface area contributed by atoms with Crippen LogP contribution in [0.3, 0.4) is 0 Å². The summed E-state index contributed by atoms with van der Waals surface area (Å²) >= 11 is 0. The second kappa shape index (κ2) is 15.9. The molecular formula is C41H41N3O13. The monoisotopic (exact) mass is 783 g/mol. The number of hydroxylamine groups is 2. The third-order valence-electron chi connectivity index (χ3n) is 10.0. The normalized spacial score (nSPS) is 23.4. The van der Waals surface area contributed by atoms with E-state index in [4.69, 9.17) is 23.5 Å². The van der Waals surface area contributed by atoms with Gasteiger partial charge in [-0.05, 0) is 68.9 Å². The van der Waals surface area contributed by atoms with Crippen molar-refractivity contribution in [1.29, 1.82) is 0 Å². The van der Waals surface area contributed by atoms with E-state index >= 15 is 0 Å². The van der Waals surface area contributed by atoms with Gasteiger partial charge in [-0.25, -0.2) is 5.06 Å². The lowest BCUT2D eigenvalue weighted by Gasteiger charge is -2.49. The number of ether oxygens (including phenoxy) is 3. The van der Waals surface area contributed by atoms with Gasteiger partial charge in [0.25, 0.3) is 0 Å². The average Bonchev–Trinajstić information content (AvgIpc) is 3.77. The Bertz CT molecular complexity index is 2330. The van der Waals surface area contributed by atoms with Gasteiger partial charge in [-0.15, -0.1) is 0 Å². The molecule has 4 heterocycles. The molecule has 1 saturated heterocycles. The van der Waals surface area contributed by atoms with Crippen LogP contribution in [0.4, 0.5) is 0 Å². The number of phenolic OH excluding ortho intramolecular Hbond substituents is 1. The fourth-order valence-corrected chi connectivity index (χ4v) is 7.16. The first-order chi connectivity index (χ1) is 27.3. The molecule has 0 spiro atoms. The summed E-state index contributed by atoms with van der Waals surface area (Å²) in [6.45, 7) is 1.99. The number of nitrogens with one attached hydrogen (secondary N) is 1. The van der Waals surface area contributed by atoms with Crippen molar-refractivity contribution in [1.82, 2.24) is 10.4 Å². The molecule has 0 saturated carbocycles. The van der Waals surface area contributed by atoms with Gasteiger partial charge in [0.05, 0.1) is 35.5 Å². The summed E-state index contributed by atoms with van der Waals surface area (Å²) < 4.78 is 23.5. The number of hydrogen-bond donors (Lipinski definition) is 6. The molecule has 16 heteroatoms. The maximum atomic E-state index is 13.5. The molecule has 57 heavy (non-hydrogen) atoms. The number of carbonyl (C=O) groups excluding carboxylic acids is 1. The summed E-state index contributed by atoms with van der Waals surface area (Å²) in [5.74, 6) is -4.06. The van der Waals surface area contributed by atoms with Crippen molar-refractivity contribution in [3.63, 3.8) is 0 Å². The van der Waals surface area contributed by atoms with Crippen LogP contribution in [0.25, 0.3) is 27.8 Å². The van der Waals surface area contributed by atoms with Gasteiger partial charge in [0.2, 0.25) is 6.29 Å². The number of carbonyl (C=O) groups is 2. The lowest BCUT2D eigenvalue weighted by Crippen LogP contribution is -2.71. The van der Waals surface area contributed by atoms with Crippen molar-refractivity contribution in [2.45, 2.75) is 44.1 Å². The van der Waals surface area contributed by atoms with Gasteiger partial charge < -0.3 is 49.5 Å². The average molecular weight is 784 g/mol. The van der Waals surface area contributed by atoms with E-state index in [0.29, 0.717) is 17.0 Å². The first-order valence-electron chi connectivity index (χ1n) is 18.0. The van der Waals surface area contributed by atoms with E-state index < -0.39 is 61.3 Å². The number of carboxylic acids is 1. The number of rotatable bonds is 13. The van der Waals surface area contributed by atoms with Gasteiger partial charge in [-0.3, -0.25) is 24.2 Å². The fourth-order valence-electron chi connectivity index (χ4n) is 7.16. The largest absolute Gasteiger partial charge is 0.508 e. The Morgan fingerprint density at radius 2 is 1.81 bits per heavy atom. The van der Waals surface area contributed by atoms with Crippen LogP contribution in [0.2, 0.25) is 0 Å². The zero-order valence-electron chi connectivity index (χ0n) is 31.1. The van der Waals surface area contributed by atoms with Crippen LogP contribution in [-0.4, -0.2) is 112 Å². The van der Waals surface area contributed by atoms with Crippen LogP contribution in [0.15, 0.2) is 98.5 Å². The quantitative estimate of drug-likeness (QED) is 0.0845. The Morgan fingerprint density at radius 3 is 2.49 bits per heavy atom. The molecule has 3 aliphatic heterocycles. The number of aliphatic hydroxyl groups is 3. The van der Waals surface area contributed by atoms with Crippen LogP contribution < -0.4 is 15.5 Å². The predicted octanol–water partition coefficient (Wildman–Crippen LogP) is 2.43. The molecule has 4 aromatic rings. The van der Waals surface area contributed by atoms with E-state index in [-0.39, 0.29) is 46.6 Å². The van der Waals surface area contributed by atoms with E-state index in [0.717, 1.165) is 22.3 Å². The SMILES string of the molecule is CNCC(C(=O)O)C(=O)OCC1OC(Oc2ccc3c(=O)c(-c4ccc(O)cc4)coc3c2)C(ON2CC3=CC=NC3=C2c2cc(C)cc(C)c2)C(O)(CO)C1O. The molecule has 6 atom stereocenters. The van der Waals surface area contributed by atoms with Gasteiger partial charge in [-0.1, -0.05) is 29.3 Å². The third-order valence-corrected chi connectivity index (χ3v) is 10.0. The minimum absolute atomic E-state index is 0.0357. The standard InChI is InChI=1S/C41H41N3O13/c1-21-12-22(2)14-25(13-21)34-33-24(10-11-43-33)17-44(34)57-37-40(56-32(36(48)41(37,52)20-45)19-54-39(51)29(16-42-3)38(49)50)55-27-8-9-28-31(15-27)53-18-30(35(28)47)23-4-6-26(46)7-5-23/h4-15,18,29,32,36-37,40,42,45-46,48,52H,16-17,19-20H2,1-3H3,(H,49,50). The van der Waals surface area contributed by atoms with E-state index in [9.17, 15) is 39.9 Å². The van der Waals surface area contributed by atoms with Crippen LogP contribution in [-0.2, 0) is 23.9 Å². The minimum Gasteiger partial charge on any atom is -0.508 e. The molecule has 1 aromatic heterocycles. The molecule has 16 nitrogen and oxygen atoms in total. The highest BCUT2D eigenvalue weighted by Crippen LogP contribution is 2.42. The van der Waals surface area contributed by atoms with Gasteiger partial charge in [0, 0.05) is 30.0 Å². The van der Waals surface area contributed by atoms with Gasteiger partial charge >= 0.3 is 11.9 Å². The number of hydrogen-bond acceptors (Lipinski definition) is 15. The molecular weight excluding hydrogens is 742 g/mol. The first kappa shape index (κ1) is 39.4. The molecule has 298 valence electrons. The highest BCUT2D eigenvalue weighted by molar-refractivity contribution is 5.94. The third kappa shape index (κ3) is 7.66. The summed E-state index contributed by atoms with van der Waals surface area (Å²) in [6.07, 6.45) is -2.09. The number of nitrogens with zero attached hydrogens (tertiary/aromatic N) is 2. The van der Waals surface area contributed by atoms with Gasteiger partial charge in [0.1, 0.15) is 42.2 Å². The number of phenols is 1. The number of aromatic hydroxyl groups is 1. The van der Waals surface area contributed by atoms with Crippen molar-refractivity contribution in [2.24, 2.45) is 10.9 Å². The lowest BCUT2D eigenvalue weighted by molar-refractivity contribution is -0.359. The van der Waals surface area contributed by atoms with Crippen LogP contribution in [0, 0.1) is 19.8 Å². The Labute approximate surface area is 325 Å². The maximum absolute atomic E-state index is 13.5. The van der Waals surface area contributed by atoms with Gasteiger partial charge in [-0.2, -0.15) is 0 Å². The highest BCUT2D eigenvalue weighted by Gasteiger charge is 2.59. The number of allylic oxidation sites excluding steroid dienone is 1. The zero-order valence-corrected chi connectivity index (χ0v) is 31.1. The molecule has 6 N–H and O–H groups in total. The Morgan fingerprint density at radius 1 is 1.07 bits per heavy atom. The number of aliphatic carboxylic acids is 1. The van der Waals surface area contributed by atoms with E-state index in [2.05, 4.69) is 10.3 Å². The molecule has 0 bridgehead atoms. The molecule has 1 fully saturated rings. The second-order valence-electron chi connectivity index (χ2n) is 14.1. The Hall–Kier alpha value is -5.88. The summed E-state index contributed by atoms with van der Waals surface area (Å²) in [7, 11) is 1.46. The maximum Gasteiger partial charge on any atom is 0.321 e. The minimum atomic E-state index is -2.53. The molecule has 3 aromatic carbocycles. The van der Waals surface area contributed by atoms with Crippen molar-refractivity contribution in [2.75, 3.05) is 33.4 Å². The zero-order chi connectivity index (χ0) is 40.6. The number of fused-ring (bicyclic) bond motifs is 2. The van der Waals surface area contributed by atoms with Crippen molar-refractivity contribution in [3.05, 3.63) is 111 Å². The first-order valence-corrected chi connectivity index (χ1v) is 18.0. The summed E-state index contributed by atoms with van der Waals surface area (Å²) in [4.78, 5) is 49.1. The number of benzene rings is 3. The van der Waals surface area contributed by atoms with Crippen LogP contribution >= 0.6 is 0 Å². The molecule has 0 amide bonds. The van der Waals surface area contributed by atoms with E-state index in [1.165, 1.54) is 48.7 Å². The van der Waals surface area contributed by atoms with Crippen molar-refractivity contribution in [3.8, 4) is 22.6 Å². The van der Waals surface area contributed by atoms with Crippen LogP contribution in [0.1, 0.15) is 16.7 Å². The number of carboxylic acid groups (broad SMARTS) is 1. The Kier molecular flexibility index (Phi) is 11.0. The molecule has 7 rings (SSSR count). The van der Waals surface area contributed by atoms with E-state index in [1.807, 2.05) is 38.1 Å². The predicted molar refractivity (Wildman–Crippen MR) is 204 cm³/mol. The number of aliphatic hydroxyl groups excluding tert-OH is 2.